The van der Waals surface area contributed by atoms with Gasteiger partial charge in [-0.25, -0.2) is 10.1 Å². The zero-order valence-corrected chi connectivity index (χ0v) is 6.84. The van der Waals surface area contributed by atoms with Crippen LogP contribution in [-0.2, 0) is 0 Å². The largest absolute Gasteiger partial charge is 0.305 e. The summed E-state index contributed by atoms with van der Waals surface area (Å²) in [5, 5.41) is 9.51. The van der Waals surface area contributed by atoms with Crippen molar-refractivity contribution >= 4 is 0 Å². The lowest BCUT2D eigenvalue weighted by molar-refractivity contribution is -0.535. The Morgan fingerprint density at radius 1 is 1.50 bits per heavy atom. The maximum Gasteiger partial charge on any atom is 0.162 e. The van der Waals surface area contributed by atoms with Crippen molar-refractivity contribution in [3.05, 3.63) is 33.3 Å². The third kappa shape index (κ3) is 1.88. The molecule has 12 heavy (non-hydrogen) atoms. The van der Waals surface area contributed by atoms with Crippen LogP contribution in [0.3, 0.4) is 0 Å². The molecular weight excluding hydrogens is 160 g/mol. The van der Waals surface area contributed by atoms with Crippen LogP contribution < -0.4 is 16.3 Å². The van der Waals surface area contributed by atoms with E-state index < -0.39 is 5.03 Å². The third-order valence-electron chi connectivity index (χ3n) is 1.42. The van der Waals surface area contributed by atoms with Gasteiger partial charge in [0.15, 0.2) is 5.03 Å². The number of nitro groups is 1. The molecule has 0 aromatic carbocycles. The van der Waals surface area contributed by atoms with E-state index in [9.17, 15) is 10.1 Å². The van der Waals surface area contributed by atoms with Gasteiger partial charge >= 0.3 is 0 Å². The summed E-state index contributed by atoms with van der Waals surface area (Å²) in [6.45, 7) is 3.54. The van der Waals surface area contributed by atoms with Gasteiger partial charge in [0.1, 0.15) is 5.70 Å². The van der Waals surface area contributed by atoms with Gasteiger partial charge in [-0.3, -0.25) is 0 Å². The van der Waals surface area contributed by atoms with Crippen LogP contribution >= 0.6 is 0 Å². The Kier molecular flexibility index (Phi) is 2.18. The molecule has 0 aliphatic carbocycles. The minimum Gasteiger partial charge on any atom is -0.305 e. The molecule has 1 aliphatic rings. The molecule has 0 bridgehead atoms. The van der Waals surface area contributed by atoms with Gasteiger partial charge < -0.3 is 10.9 Å². The second-order valence-corrected chi connectivity index (χ2v) is 2.48. The monoisotopic (exact) mass is 170 g/mol. The average Bonchev–Trinajstić information content (AvgIpc) is 1.96. The minimum absolute atomic E-state index is 0.469. The highest BCUT2D eigenvalue weighted by molar-refractivity contribution is 5.26. The summed E-state index contributed by atoms with van der Waals surface area (Å²) < 4.78 is 0. The second kappa shape index (κ2) is 3.12. The molecule has 0 saturated heterocycles. The number of hydrazine groups is 2. The molecule has 1 rings (SSSR count). The molecule has 0 saturated carbocycles. The van der Waals surface area contributed by atoms with E-state index in [0.29, 0.717) is 11.4 Å². The Bertz CT molecular complexity index is 269. The molecule has 1 heterocycles. The number of rotatable bonds is 2. The first-order chi connectivity index (χ1) is 5.59. The molecular formula is C6H10N4O2. The summed E-state index contributed by atoms with van der Waals surface area (Å²) in [5.74, 6) is 0. The predicted octanol–water partition coefficient (Wildman–Crippen LogP) is 0.0108. The molecule has 0 aromatic heterocycles. The molecule has 1 aliphatic heterocycles. The predicted molar refractivity (Wildman–Crippen MR) is 42.9 cm³/mol. The summed E-state index contributed by atoms with van der Waals surface area (Å²) in [7, 11) is 0. The lowest BCUT2D eigenvalue weighted by atomic mass is 10.3. The van der Waals surface area contributed by atoms with Gasteiger partial charge in [0, 0.05) is 5.70 Å². The quantitative estimate of drug-likeness (QED) is 0.402. The Labute approximate surface area is 69.4 Å². The van der Waals surface area contributed by atoms with Gasteiger partial charge in [-0.2, -0.15) is 0 Å². The molecule has 6 nitrogen and oxygen atoms in total. The third-order valence-corrected chi connectivity index (χ3v) is 1.42. The van der Waals surface area contributed by atoms with Crippen molar-refractivity contribution in [2.75, 3.05) is 0 Å². The number of nitrogens with zero attached hydrogens (tertiary/aromatic N) is 1. The summed E-state index contributed by atoms with van der Waals surface area (Å²) in [5.41, 5.74) is 9.68. The fourth-order valence-corrected chi connectivity index (χ4v) is 0.835. The number of hydrogen-bond acceptors (Lipinski definition) is 4. The standard InChI is InChI=1S/C6H10N4O2/c1-4-3-6(9-10(11)12)5(2)8-7-4/h3,7-9H,1-2H3. The Hall–Kier alpha value is -1.72. The van der Waals surface area contributed by atoms with Crippen LogP contribution in [0, 0.1) is 10.1 Å². The highest BCUT2D eigenvalue weighted by atomic mass is 16.7. The Morgan fingerprint density at radius 3 is 2.75 bits per heavy atom. The van der Waals surface area contributed by atoms with Crippen molar-refractivity contribution in [3.8, 4) is 0 Å². The van der Waals surface area contributed by atoms with Crippen LogP contribution in [0.5, 0.6) is 0 Å². The van der Waals surface area contributed by atoms with E-state index in [0.717, 1.165) is 5.70 Å². The molecule has 0 fully saturated rings. The molecule has 66 valence electrons. The van der Waals surface area contributed by atoms with Gasteiger partial charge in [0.2, 0.25) is 0 Å². The van der Waals surface area contributed by atoms with E-state index in [1.54, 1.807) is 19.9 Å². The van der Waals surface area contributed by atoms with Gasteiger partial charge in [0.25, 0.3) is 0 Å². The average molecular weight is 170 g/mol. The van der Waals surface area contributed by atoms with Gasteiger partial charge in [-0.15, -0.1) is 5.43 Å². The van der Waals surface area contributed by atoms with Gasteiger partial charge in [0.05, 0.1) is 5.70 Å². The van der Waals surface area contributed by atoms with Crippen molar-refractivity contribution in [2.24, 2.45) is 0 Å². The fraction of sp³-hybridized carbons (Fsp3) is 0.333. The van der Waals surface area contributed by atoms with E-state index in [-0.39, 0.29) is 0 Å². The smallest absolute Gasteiger partial charge is 0.162 e. The maximum atomic E-state index is 10.1. The van der Waals surface area contributed by atoms with Crippen LogP contribution in [-0.4, -0.2) is 5.03 Å². The van der Waals surface area contributed by atoms with Crippen LogP contribution in [0.1, 0.15) is 13.8 Å². The summed E-state index contributed by atoms with van der Waals surface area (Å²) >= 11 is 0. The van der Waals surface area contributed by atoms with Crippen molar-refractivity contribution in [1.82, 2.24) is 16.3 Å². The van der Waals surface area contributed by atoms with Gasteiger partial charge in [-0.05, 0) is 19.9 Å². The fourth-order valence-electron chi connectivity index (χ4n) is 0.835. The summed E-state index contributed by atoms with van der Waals surface area (Å²) in [4.78, 5) is 10.1. The summed E-state index contributed by atoms with van der Waals surface area (Å²) in [6, 6.07) is 0. The lowest BCUT2D eigenvalue weighted by Crippen LogP contribution is -2.36. The first-order valence-electron chi connectivity index (χ1n) is 3.42. The highest BCUT2D eigenvalue weighted by Crippen LogP contribution is 2.05. The molecule has 0 spiro atoms. The first-order valence-corrected chi connectivity index (χ1v) is 3.42. The van der Waals surface area contributed by atoms with Crippen molar-refractivity contribution in [1.29, 1.82) is 0 Å². The zero-order chi connectivity index (χ0) is 9.14. The van der Waals surface area contributed by atoms with Crippen LogP contribution in [0.25, 0.3) is 0 Å². The normalized spacial score (nSPS) is 16.0. The first kappa shape index (κ1) is 8.38. The summed E-state index contributed by atoms with van der Waals surface area (Å²) in [6.07, 6.45) is 1.66. The van der Waals surface area contributed by atoms with Crippen LogP contribution in [0.15, 0.2) is 23.2 Å². The van der Waals surface area contributed by atoms with Crippen molar-refractivity contribution < 1.29 is 5.03 Å². The Morgan fingerprint density at radius 2 is 2.17 bits per heavy atom. The number of hydrogen-bond donors (Lipinski definition) is 3. The highest BCUT2D eigenvalue weighted by Gasteiger charge is 2.09. The van der Waals surface area contributed by atoms with Crippen molar-refractivity contribution in [2.45, 2.75) is 13.8 Å². The lowest BCUT2D eigenvalue weighted by Gasteiger charge is -2.17. The SMILES string of the molecule is CC1=CC(N[N+](=O)[O-])=C(C)NN1. The second-order valence-electron chi connectivity index (χ2n) is 2.48. The molecule has 0 radical (unpaired) electrons. The molecule has 0 atom stereocenters. The number of nitrogens with one attached hydrogen (secondary N) is 3. The van der Waals surface area contributed by atoms with Crippen LogP contribution in [0.2, 0.25) is 0 Å². The van der Waals surface area contributed by atoms with Gasteiger partial charge in [-0.1, -0.05) is 0 Å². The topological polar surface area (TPSA) is 79.2 Å². The van der Waals surface area contributed by atoms with E-state index in [2.05, 4.69) is 16.3 Å². The molecule has 0 aromatic rings. The van der Waals surface area contributed by atoms with E-state index in [4.69, 9.17) is 0 Å². The van der Waals surface area contributed by atoms with E-state index in [1.165, 1.54) is 0 Å². The Balaban J connectivity index is 2.78. The molecule has 0 amide bonds. The maximum absolute atomic E-state index is 10.1. The number of allylic oxidation sites excluding steroid dienone is 3. The molecule has 3 N–H and O–H groups in total. The van der Waals surface area contributed by atoms with Crippen LogP contribution in [0.4, 0.5) is 0 Å². The zero-order valence-electron chi connectivity index (χ0n) is 6.84. The van der Waals surface area contributed by atoms with E-state index in [1.807, 2.05) is 0 Å². The minimum atomic E-state index is -0.588. The molecule has 6 heteroatoms. The molecule has 0 unspecified atom stereocenters. The van der Waals surface area contributed by atoms with Crippen molar-refractivity contribution in [3.63, 3.8) is 0 Å². The van der Waals surface area contributed by atoms with E-state index >= 15 is 0 Å².